The Hall–Kier alpha value is -0.0800. The number of hydrogen-bond acceptors (Lipinski definition) is 2. The molecule has 5 atom stereocenters. The van der Waals surface area contributed by atoms with E-state index in [1.807, 2.05) is 0 Å². The first-order chi connectivity index (χ1) is 6.66. The number of rotatable bonds is 2. The van der Waals surface area contributed by atoms with E-state index in [0.717, 1.165) is 23.8 Å². The van der Waals surface area contributed by atoms with Gasteiger partial charge in [0.25, 0.3) is 0 Å². The zero-order valence-electron chi connectivity index (χ0n) is 9.44. The second kappa shape index (κ2) is 2.96. The zero-order valence-corrected chi connectivity index (χ0v) is 9.44. The summed E-state index contributed by atoms with van der Waals surface area (Å²) >= 11 is 0. The summed E-state index contributed by atoms with van der Waals surface area (Å²) in [6.07, 6.45) is 3.82. The first-order valence-corrected chi connectivity index (χ1v) is 6.02. The monoisotopic (exact) mass is 195 g/mol. The van der Waals surface area contributed by atoms with E-state index in [9.17, 15) is 0 Å². The van der Waals surface area contributed by atoms with Crippen molar-refractivity contribution in [3.05, 3.63) is 0 Å². The van der Waals surface area contributed by atoms with Gasteiger partial charge in [-0.1, -0.05) is 0 Å². The molecule has 80 valence electrons. The number of fused-ring (bicyclic) bond motifs is 1. The fourth-order valence-corrected chi connectivity index (χ4v) is 4.20. The molecule has 1 saturated heterocycles. The van der Waals surface area contributed by atoms with Crippen molar-refractivity contribution in [2.45, 2.75) is 44.9 Å². The van der Waals surface area contributed by atoms with Crippen LogP contribution < -0.4 is 0 Å². The number of ether oxygens (including phenoxy) is 1. The maximum absolute atomic E-state index is 6.10. The summed E-state index contributed by atoms with van der Waals surface area (Å²) in [5.41, 5.74) is 0. The van der Waals surface area contributed by atoms with Gasteiger partial charge < -0.3 is 9.64 Å². The summed E-state index contributed by atoms with van der Waals surface area (Å²) in [5.74, 6) is 2.85. The molecule has 2 heteroatoms. The largest absolute Gasteiger partial charge is 0.374 e. The summed E-state index contributed by atoms with van der Waals surface area (Å²) in [6.45, 7) is 5.65. The zero-order chi connectivity index (χ0) is 9.87. The molecule has 0 radical (unpaired) electrons. The van der Waals surface area contributed by atoms with Gasteiger partial charge >= 0.3 is 0 Å². The lowest BCUT2D eigenvalue weighted by Gasteiger charge is -2.32. The molecular formula is C12H21NO. The fraction of sp³-hybridized carbons (Fsp3) is 1.00. The van der Waals surface area contributed by atoms with Crippen LogP contribution in [0, 0.1) is 17.8 Å². The lowest BCUT2D eigenvalue weighted by Crippen LogP contribution is -2.41. The van der Waals surface area contributed by atoms with Gasteiger partial charge in [-0.3, -0.25) is 0 Å². The van der Waals surface area contributed by atoms with Gasteiger partial charge in [0, 0.05) is 12.6 Å². The third-order valence-corrected chi connectivity index (χ3v) is 4.49. The highest BCUT2D eigenvalue weighted by molar-refractivity contribution is 5.10. The Morgan fingerprint density at radius 1 is 1.21 bits per heavy atom. The lowest BCUT2D eigenvalue weighted by molar-refractivity contribution is -0.0491. The van der Waals surface area contributed by atoms with E-state index in [-0.39, 0.29) is 0 Å². The molecule has 2 bridgehead atoms. The Kier molecular flexibility index (Phi) is 1.94. The Balaban J connectivity index is 1.81. The molecule has 3 aliphatic rings. The van der Waals surface area contributed by atoms with Gasteiger partial charge in [0.15, 0.2) is 0 Å². The number of hydrogen-bond donors (Lipinski definition) is 0. The highest BCUT2D eigenvalue weighted by Gasteiger charge is 2.58. The third kappa shape index (κ3) is 1.10. The topological polar surface area (TPSA) is 12.5 Å². The van der Waals surface area contributed by atoms with E-state index < -0.39 is 0 Å². The predicted molar refractivity (Wildman–Crippen MR) is 56.1 cm³/mol. The van der Waals surface area contributed by atoms with Crippen LogP contribution in [0.25, 0.3) is 0 Å². The highest BCUT2D eigenvalue weighted by Crippen LogP contribution is 2.55. The standard InChI is InChI=1S/C12H21NO/c1-7(2)14-12-8-4-9-6-13(3)11(12)10(9)5-8/h7-12H,4-6H2,1-3H3. The second-order valence-corrected chi connectivity index (χ2v) is 5.74. The van der Waals surface area contributed by atoms with E-state index in [2.05, 4.69) is 25.8 Å². The van der Waals surface area contributed by atoms with Crippen LogP contribution in [0.15, 0.2) is 0 Å². The van der Waals surface area contributed by atoms with Gasteiger partial charge in [0.05, 0.1) is 12.2 Å². The molecular weight excluding hydrogens is 174 g/mol. The Morgan fingerprint density at radius 3 is 2.71 bits per heavy atom. The SMILES string of the molecule is CC(C)OC1C2CC3CN(C)C1C3C2. The molecule has 3 rings (SSSR count). The van der Waals surface area contributed by atoms with Crippen LogP contribution in [0.3, 0.4) is 0 Å². The molecule has 0 aromatic heterocycles. The van der Waals surface area contributed by atoms with Crippen LogP contribution >= 0.6 is 0 Å². The minimum Gasteiger partial charge on any atom is -0.374 e. The summed E-state index contributed by atoms with van der Waals surface area (Å²) in [6, 6.07) is 0.751. The van der Waals surface area contributed by atoms with Crippen molar-refractivity contribution >= 4 is 0 Å². The van der Waals surface area contributed by atoms with Gasteiger partial charge in [0.1, 0.15) is 0 Å². The molecule has 2 aliphatic carbocycles. The molecule has 0 amide bonds. The van der Waals surface area contributed by atoms with Crippen LogP contribution in [-0.2, 0) is 4.74 Å². The molecule has 0 aromatic rings. The van der Waals surface area contributed by atoms with Gasteiger partial charge in [0.2, 0.25) is 0 Å². The van der Waals surface area contributed by atoms with Crippen molar-refractivity contribution in [2.24, 2.45) is 17.8 Å². The highest BCUT2D eigenvalue weighted by atomic mass is 16.5. The molecule has 2 nitrogen and oxygen atoms in total. The van der Waals surface area contributed by atoms with Crippen molar-refractivity contribution in [1.29, 1.82) is 0 Å². The molecule has 1 aliphatic heterocycles. The van der Waals surface area contributed by atoms with Crippen LogP contribution in [0.1, 0.15) is 26.7 Å². The molecule has 3 fully saturated rings. The molecule has 0 spiro atoms. The van der Waals surface area contributed by atoms with Crippen molar-refractivity contribution in [1.82, 2.24) is 4.90 Å². The van der Waals surface area contributed by atoms with Crippen LogP contribution in [0.2, 0.25) is 0 Å². The minimum atomic E-state index is 0.395. The van der Waals surface area contributed by atoms with Crippen molar-refractivity contribution in [3.8, 4) is 0 Å². The molecule has 5 unspecified atom stereocenters. The van der Waals surface area contributed by atoms with Crippen LogP contribution in [0.4, 0.5) is 0 Å². The summed E-state index contributed by atoms with van der Waals surface area (Å²) in [5, 5.41) is 0. The van der Waals surface area contributed by atoms with Crippen molar-refractivity contribution < 1.29 is 4.74 Å². The van der Waals surface area contributed by atoms with E-state index in [4.69, 9.17) is 4.74 Å². The Bertz CT molecular complexity index is 238. The van der Waals surface area contributed by atoms with Gasteiger partial charge in [-0.15, -0.1) is 0 Å². The van der Waals surface area contributed by atoms with E-state index in [1.165, 1.54) is 19.4 Å². The average Bonchev–Trinajstić information content (AvgIpc) is 2.63. The van der Waals surface area contributed by atoms with Gasteiger partial charge in [-0.2, -0.15) is 0 Å². The molecule has 14 heavy (non-hydrogen) atoms. The predicted octanol–water partition coefficient (Wildman–Crippen LogP) is 1.75. The second-order valence-electron chi connectivity index (χ2n) is 5.74. The number of likely N-dealkylation sites (N-methyl/N-ethyl adjacent to an activating group) is 1. The van der Waals surface area contributed by atoms with E-state index in [1.54, 1.807) is 0 Å². The average molecular weight is 195 g/mol. The molecule has 1 heterocycles. The first-order valence-electron chi connectivity index (χ1n) is 6.02. The molecule has 0 N–H and O–H groups in total. The van der Waals surface area contributed by atoms with Crippen molar-refractivity contribution in [2.75, 3.05) is 13.6 Å². The smallest absolute Gasteiger partial charge is 0.0764 e. The fourth-order valence-electron chi connectivity index (χ4n) is 4.20. The van der Waals surface area contributed by atoms with Crippen LogP contribution in [-0.4, -0.2) is 36.7 Å². The minimum absolute atomic E-state index is 0.395. The third-order valence-electron chi connectivity index (χ3n) is 4.49. The quantitative estimate of drug-likeness (QED) is 0.665. The van der Waals surface area contributed by atoms with E-state index >= 15 is 0 Å². The molecule has 2 saturated carbocycles. The van der Waals surface area contributed by atoms with E-state index in [0.29, 0.717) is 12.2 Å². The summed E-state index contributed by atoms with van der Waals surface area (Å²) in [7, 11) is 2.28. The Morgan fingerprint density at radius 2 is 2.00 bits per heavy atom. The maximum atomic E-state index is 6.10. The van der Waals surface area contributed by atoms with Gasteiger partial charge in [-0.05, 0) is 51.5 Å². The van der Waals surface area contributed by atoms with Crippen molar-refractivity contribution in [3.63, 3.8) is 0 Å². The Labute approximate surface area is 86.6 Å². The normalized spacial score (nSPS) is 51.0. The summed E-state index contributed by atoms with van der Waals surface area (Å²) < 4.78 is 6.10. The maximum Gasteiger partial charge on any atom is 0.0764 e. The number of nitrogens with zero attached hydrogens (tertiary/aromatic N) is 1. The summed E-state index contributed by atoms with van der Waals surface area (Å²) in [4.78, 5) is 2.55. The van der Waals surface area contributed by atoms with Crippen LogP contribution in [0.5, 0.6) is 0 Å². The first kappa shape index (κ1) is 9.17. The van der Waals surface area contributed by atoms with Gasteiger partial charge in [-0.25, -0.2) is 0 Å². The molecule has 0 aromatic carbocycles. The number of likely N-dealkylation sites (tertiary alicyclic amines) is 1. The lowest BCUT2D eigenvalue weighted by atomic mass is 9.88.